The van der Waals surface area contributed by atoms with Crippen LogP contribution >= 0.6 is 0 Å². The molecule has 0 spiro atoms. The predicted octanol–water partition coefficient (Wildman–Crippen LogP) is 1.09. The first-order valence-electron chi connectivity index (χ1n) is 5.99. The number of primary amides is 1. The molecule has 0 heterocycles. The number of aliphatic hydroxyl groups excluding tert-OH is 1. The van der Waals surface area contributed by atoms with Crippen molar-refractivity contribution >= 4 is 11.9 Å². The van der Waals surface area contributed by atoms with Crippen molar-refractivity contribution in [3.05, 3.63) is 29.8 Å². The van der Waals surface area contributed by atoms with E-state index in [4.69, 9.17) is 10.5 Å². The third-order valence-electron chi connectivity index (χ3n) is 2.58. The van der Waals surface area contributed by atoms with E-state index in [-0.39, 0.29) is 0 Å². The highest BCUT2D eigenvalue weighted by atomic mass is 16.5. The van der Waals surface area contributed by atoms with E-state index in [0.717, 1.165) is 5.56 Å². The maximum atomic E-state index is 11.4. The van der Waals surface area contributed by atoms with Gasteiger partial charge in [0.2, 0.25) is 0 Å². The number of ether oxygens (including phenoxy) is 1. The summed E-state index contributed by atoms with van der Waals surface area (Å²) in [5, 5.41) is 11.6. The van der Waals surface area contributed by atoms with Crippen LogP contribution in [0.2, 0.25) is 0 Å². The number of aliphatic hydroxyl groups is 1. The number of rotatable bonds is 5. The molecule has 104 valence electrons. The molecule has 0 aliphatic rings. The Bertz CT molecular complexity index is 444. The maximum Gasteiger partial charge on any atom is 0.318 e. The first-order chi connectivity index (χ1) is 8.93. The Kier molecular flexibility index (Phi) is 5.32. The molecule has 6 heteroatoms. The number of carbonyl (C=O) groups excluding carboxylic acids is 2. The van der Waals surface area contributed by atoms with E-state index in [2.05, 4.69) is 0 Å². The largest absolute Gasteiger partial charge is 0.481 e. The van der Waals surface area contributed by atoms with Crippen molar-refractivity contribution in [2.75, 3.05) is 0 Å². The fraction of sp³-hybridized carbons (Fsp3) is 0.385. The van der Waals surface area contributed by atoms with Gasteiger partial charge in [-0.05, 0) is 31.0 Å². The Balaban J connectivity index is 2.62. The molecule has 6 nitrogen and oxygen atoms in total. The van der Waals surface area contributed by atoms with Gasteiger partial charge in [-0.3, -0.25) is 10.1 Å². The Labute approximate surface area is 111 Å². The molecule has 0 aliphatic heterocycles. The number of hydrogen-bond donors (Lipinski definition) is 3. The van der Waals surface area contributed by atoms with Crippen molar-refractivity contribution < 1.29 is 19.4 Å². The summed E-state index contributed by atoms with van der Waals surface area (Å²) in [5.74, 6) is -0.135. The smallest absolute Gasteiger partial charge is 0.318 e. The second-order valence-corrected chi connectivity index (χ2v) is 4.11. The van der Waals surface area contributed by atoms with Crippen LogP contribution in [0.3, 0.4) is 0 Å². The fourth-order valence-electron chi connectivity index (χ4n) is 1.48. The van der Waals surface area contributed by atoms with Gasteiger partial charge in [-0.1, -0.05) is 19.1 Å². The van der Waals surface area contributed by atoms with Gasteiger partial charge in [0.1, 0.15) is 5.75 Å². The van der Waals surface area contributed by atoms with Crippen molar-refractivity contribution in [1.82, 2.24) is 5.32 Å². The Hall–Kier alpha value is -2.08. The predicted molar refractivity (Wildman–Crippen MR) is 69.5 cm³/mol. The zero-order chi connectivity index (χ0) is 14.4. The number of hydrogen-bond acceptors (Lipinski definition) is 4. The van der Waals surface area contributed by atoms with E-state index in [9.17, 15) is 14.7 Å². The molecular formula is C13H18N2O4. The first-order valence-corrected chi connectivity index (χ1v) is 5.99. The number of nitrogens with two attached hydrogens (primary N) is 1. The molecule has 19 heavy (non-hydrogen) atoms. The quantitative estimate of drug-likeness (QED) is 0.742. The van der Waals surface area contributed by atoms with Gasteiger partial charge in [0.05, 0.1) is 6.10 Å². The third-order valence-corrected chi connectivity index (χ3v) is 2.58. The summed E-state index contributed by atoms with van der Waals surface area (Å²) in [6.45, 7) is 3.39. The molecule has 0 aliphatic carbocycles. The highest BCUT2D eigenvalue weighted by molar-refractivity contribution is 5.95. The SMILES string of the molecule is CC[C@H](O)c1ccc(OC(C)C(=O)NC(N)=O)cc1. The third kappa shape index (κ3) is 4.59. The van der Waals surface area contributed by atoms with Gasteiger partial charge in [-0.2, -0.15) is 0 Å². The van der Waals surface area contributed by atoms with Crippen molar-refractivity contribution in [1.29, 1.82) is 0 Å². The molecule has 2 atom stereocenters. The highest BCUT2D eigenvalue weighted by Crippen LogP contribution is 2.20. The highest BCUT2D eigenvalue weighted by Gasteiger charge is 2.16. The molecule has 1 rings (SSSR count). The van der Waals surface area contributed by atoms with E-state index in [1.807, 2.05) is 12.2 Å². The lowest BCUT2D eigenvalue weighted by Gasteiger charge is -2.14. The number of nitrogens with one attached hydrogen (secondary N) is 1. The summed E-state index contributed by atoms with van der Waals surface area (Å²) in [4.78, 5) is 21.9. The molecule has 0 aromatic heterocycles. The minimum atomic E-state index is -0.915. The normalized spacial score (nSPS) is 13.4. The van der Waals surface area contributed by atoms with Crippen molar-refractivity contribution in [3.8, 4) is 5.75 Å². The summed E-state index contributed by atoms with van der Waals surface area (Å²) >= 11 is 0. The number of urea groups is 1. The zero-order valence-corrected chi connectivity index (χ0v) is 10.9. The summed E-state index contributed by atoms with van der Waals surface area (Å²) in [6, 6.07) is 5.84. The zero-order valence-electron chi connectivity index (χ0n) is 10.9. The standard InChI is InChI=1S/C13H18N2O4/c1-3-11(16)9-4-6-10(7-5-9)19-8(2)12(17)15-13(14)18/h4-8,11,16H,3H2,1-2H3,(H3,14,15,17,18)/t8?,11-/m0/s1. The van der Waals surface area contributed by atoms with Crippen LogP contribution in [-0.2, 0) is 4.79 Å². The van der Waals surface area contributed by atoms with Crippen molar-refractivity contribution in [2.45, 2.75) is 32.5 Å². The van der Waals surface area contributed by atoms with Crippen LogP contribution in [0, 0.1) is 0 Å². The monoisotopic (exact) mass is 266 g/mol. The fourth-order valence-corrected chi connectivity index (χ4v) is 1.48. The number of imide groups is 1. The van der Waals surface area contributed by atoms with Gasteiger partial charge in [0.25, 0.3) is 5.91 Å². The second-order valence-electron chi connectivity index (χ2n) is 4.11. The lowest BCUT2D eigenvalue weighted by molar-refractivity contribution is -0.126. The maximum absolute atomic E-state index is 11.4. The van der Waals surface area contributed by atoms with Gasteiger partial charge >= 0.3 is 6.03 Å². The summed E-state index contributed by atoms with van der Waals surface area (Å²) in [6.07, 6.45) is -0.725. The van der Waals surface area contributed by atoms with Gasteiger partial charge in [0.15, 0.2) is 6.10 Å². The van der Waals surface area contributed by atoms with E-state index in [1.165, 1.54) is 6.92 Å². The Morgan fingerprint density at radius 3 is 2.42 bits per heavy atom. The lowest BCUT2D eigenvalue weighted by atomic mass is 10.1. The first kappa shape index (κ1) is 15.0. The van der Waals surface area contributed by atoms with Gasteiger partial charge in [-0.15, -0.1) is 0 Å². The summed E-state index contributed by atoms with van der Waals surface area (Å²) in [7, 11) is 0. The second kappa shape index (κ2) is 6.75. The van der Waals surface area contributed by atoms with E-state index < -0.39 is 24.1 Å². The average molecular weight is 266 g/mol. The van der Waals surface area contributed by atoms with Crippen LogP contribution < -0.4 is 15.8 Å². The average Bonchev–Trinajstić information content (AvgIpc) is 2.37. The molecule has 0 bridgehead atoms. The van der Waals surface area contributed by atoms with Gasteiger partial charge in [-0.25, -0.2) is 4.79 Å². The van der Waals surface area contributed by atoms with Crippen LogP contribution in [0.15, 0.2) is 24.3 Å². The summed E-state index contributed by atoms with van der Waals surface area (Å²) in [5.41, 5.74) is 5.62. The number of carbonyl (C=O) groups is 2. The molecular weight excluding hydrogens is 248 g/mol. The van der Waals surface area contributed by atoms with E-state index in [1.54, 1.807) is 24.3 Å². The molecule has 0 saturated carbocycles. The Morgan fingerprint density at radius 2 is 1.95 bits per heavy atom. The Morgan fingerprint density at radius 1 is 1.37 bits per heavy atom. The lowest BCUT2D eigenvalue weighted by Crippen LogP contribution is -2.42. The topological polar surface area (TPSA) is 102 Å². The number of amides is 3. The minimum Gasteiger partial charge on any atom is -0.481 e. The molecule has 0 radical (unpaired) electrons. The van der Waals surface area contributed by atoms with Crippen molar-refractivity contribution in [2.24, 2.45) is 5.73 Å². The molecule has 0 fully saturated rings. The molecule has 3 amide bonds. The molecule has 4 N–H and O–H groups in total. The van der Waals surface area contributed by atoms with E-state index >= 15 is 0 Å². The molecule has 1 aromatic carbocycles. The minimum absolute atomic E-state index is 0.471. The van der Waals surface area contributed by atoms with Crippen LogP contribution in [-0.4, -0.2) is 23.1 Å². The number of benzene rings is 1. The molecule has 0 saturated heterocycles. The van der Waals surface area contributed by atoms with Gasteiger partial charge in [0, 0.05) is 0 Å². The molecule has 1 aromatic rings. The van der Waals surface area contributed by atoms with Crippen LogP contribution in [0.5, 0.6) is 5.75 Å². The van der Waals surface area contributed by atoms with E-state index in [0.29, 0.717) is 12.2 Å². The van der Waals surface area contributed by atoms with Crippen molar-refractivity contribution in [3.63, 3.8) is 0 Å². The van der Waals surface area contributed by atoms with Crippen LogP contribution in [0.25, 0.3) is 0 Å². The van der Waals surface area contributed by atoms with Crippen LogP contribution in [0.1, 0.15) is 31.9 Å². The summed E-state index contributed by atoms with van der Waals surface area (Å²) < 4.78 is 5.34. The van der Waals surface area contributed by atoms with Gasteiger partial charge < -0.3 is 15.6 Å². The van der Waals surface area contributed by atoms with Crippen LogP contribution in [0.4, 0.5) is 4.79 Å². The molecule has 1 unspecified atom stereocenters.